The van der Waals surface area contributed by atoms with Gasteiger partial charge in [0, 0.05) is 12.1 Å². The van der Waals surface area contributed by atoms with E-state index in [-0.39, 0.29) is 17.1 Å². The topological polar surface area (TPSA) is 67.1 Å². The van der Waals surface area contributed by atoms with E-state index in [4.69, 9.17) is 5.73 Å². The minimum absolute atomic E-state index is 0.0248. The summed E-state index contributed by atoms with van der Waals surface area (Å²) in [6.45, 7) is 2.63. The third kappa shape index (κ3) is 2.45. The van der Waals surface area contributed by atoms with Gasteiger partial charge in [-0.3, -0.25) is 0 Å². The minimum atomic E-state index is -0.216. The van der Waals surface area contributed by atoms with E-state index in [1.54, 1.807) is 0 Å². The molecule has 5 aliphatic rings. The van der Waals surface area contributed by atoms with Crippen molar-refractivity contribution in [1.29, 1.82) is 0 Å². The normalized spacial score (nSPS) is 43.4. The van der Waals surface area contributed by atoms with E-state index in [1.165, 1.54) is 51.4 Å². The Morgan fingerprint density at radius 3 is 2.10 bits per heavy atom. The van der Waals surface area contributed by atoms with Gasteiger partial charge in [-0.2, -0.15) is 0 Å². The molecule has 21 heavy (non-hydrogen) atoms. The van der Waals surface area contributed by atoms with Crippen LogP contribution in [0.2, 0.25) is 0 Å². The first-order valence-corrected chi connectivity index (χ1v) is 8.81. The SMILES string of the molecule is CC(CN)(NC(=O)NC12CC3CC(CC(C3)C1)C2)C1CC1. The maximum atomic E-state index is 12.6. The summed E-state index contributed by atoms with van der Waals surface area (Å²) in [5.41, 5.74) is 5.79. The van der Waals surface area contributed by atoms with Crippen LogP contribution in [-0.4, -0.2) is 23.7 Å². The molecule has 4 nitrogen and oxygen atoms in total. The highest BCUT2D eigenvalue weighted by atomic mass is 16.2. The van der Waals surface area contributed by atoms with Crippen molar-refractivity contribution in [2.24, 2.45) is 29.4 Å². The van der Waals surface area contributed by atoms with Crippen LogP contribution in [0.3, 0.4) is 0 Å². The van der Waals surface area contributed by atoms with Gasteiger partial charge in [-0.25, -0.2) is 4.79 Å². The monoisotopic (exact) mass is 291 g/mol. The van der Waals surface area contributed by atoms with Gasteiger partial charge in [-0.1, -0.05) is 0 Å². The van der Waals surface area contributed by atoms with Crippen LogP contribution in [0, 0.1) is 23.7 Å². The largest absolute Gasteiger partial charge is 0.333 e. The van der Waals surface area contributed by atoms with E-state index in [1.807, 2.05) is 0 Å². The maximum absolute atomic E-state index is 12.6. The fourth-order valence-electron chi connectivity index (χ4n) is 5.84. The Labute approximate surface area is 127 Å². The molecule has 1 unspecified atom stereocenters. The van der Waals surface area contributed by atoms with Gasteiger partial charge in [0.05, 0.1) is 5.54 Å². The molecule has 118 valence electrons. The van der Waals surface area contributed by atoms with Crippen LogP contribution in [0.25, 0.3) is 0 Å². The Balaban J connectivity index is 1.42. The van der Waals surface area contributed by atoms with Gasteiger partial charge in [-0.15, -0.1) is 0 Å². The highest BCUT2D eigenvalue weighted by Crippen LogP contribution is 2.55. The van der Waals surface area contributed by atoms with E-state index < -0.39 is 0 Å². The summed E-state index contributed by atoms with van der Waals surface area (Å²) >= 11 is 0. The number of amides is 2. The molecule has 4 heteroatoms. The minimum Gasteiger partial charge on any atom is -0.333 e. The molecular formula is C17H29N3O. The second-order valence-corrected chi connectivity index (χ2v) is 8.67. The van der Waals surface area contributed by atoms with Crippen LogP contribution in [0.1, 0.15) is 58.3 Å². The van der Waals surface area contributed by atoms with Crippen LogP contribution in [0.5, 0.6) is 0 Å². The Kier molecular flexibility index (Phi) is 3.04. The number of carbonyl (C=O) groups is 1. The average Bonchev–Trinajstić information content (AvgIpc) is 3.20. The number of urea groups is 1. The number of nitrogens with one attached hydrogen (secondary N) is 2. The highest BCUT2D eigenvalue weighted by molar-refractivity contribution is 5.76. The first-order valence-electron chi connectivity index (χ1n) is 8.81. The van der Waals surface area contributed by atoms with E-state index in [9.17, 15) is 4.79 Å². The van der Waals surface area contributed by atoms with E-state index in [2.05, 4.69) is 17.6 Å². The van der Waals surface area contributed by atoms with E-state index >= 15 is 0 Å². The molecule has 2 amide bonds. The first kappa shape index (κ1) is 13.9. The molecule has 0 aromatic rings. The molecule has 0 aromatic heterocycles. The second kappa shape index (κ2) is 4.61. The smallest absolute Gasteiger partial charge is 0.315 e. The Bertz CT molecular complexity index is 410. The van der Waals surface area contributed by atoms with Gasteiger partial charge in [0.25, 0.3) is 0 Å². The van der Waals surface area contributed by atoms with Crippen molar-refractivity contribution in [3.8, 4) is 0 Å². The Morgan fingerprint density at radius 1 is 1.14 bits per heavy atom. The van der Waals surface area contributed by atoms with Crippen molar-refractivity contribution < 1.29 is 4.79 Å². The summed E-state index contributed by atoms with van der Waals surface area (Å²) in [7, 11) is 0. The summed E-state index contributed by atoms with van der Waals surface area (Å²) < 4.78 is 0. The summed E-state index contributed by atoms with van der Waals surface area (Å²) in [4.78, 5) is 12.6. The number of hydrogen-bond acceptors (Lipinski definition) is 2. The molecule has 4 bridgehead atoms. The summed E-state index contributed by atoms with van der Waals surface area (Å²) in [6, 6.07) is 0.0248. The predicted octanol–water partition coefficient (Wildman–Crippen LogP) is 2.38. The van der Waals surface area contributed by atoms with Crippen LogP contribution >= 0.6 is 0 Å². The lowest BCUT2D eigenvalue weighted by atomic mass is 9.53. The molecule has 4 N–H and O–H groups in total. The lowest BCUT2D eigenvalue weighted by Gasteiger charge is -2.57. The quantitative estimate of drug-likeness (QED) is 0.744. The molecule has 0 aromatic carbocycles. The zero-order valence-electron chi connectivity index (χ0n) is 13.2. The maximum Gasteiger partial charge on any atom is 0.315 e. The lowest BCUT2D eigenvalue weighted by Crippen LogP contribution is -2.64. The van der Waals surface area contributed by atoms with Gasteiger partial charge in [0.15, 0.2) is 0 Å². The fraction of sp³-hybridized carbons (Fsp3) is 0.941. The number of nitrogens with two attached hydrogens (primary N) is 1. The summed E-state index contributed by atoms with van der Waals surface area (Å²) in [6.07, 6.45) is 10.2. The zero-order chi connectivity index (χ0) is 14.7. The van der Waals surface area contributed by atoms with Crippen LogP contribution in [0.4, 0.5) is 4.79 Å². The molecule has 0 spiro atoms. The van der Waals surface area contributed by atoms with E-state index in [0.717, 1.165) is 17.8 Å². The van der Waals surface area contributed by atoms with Gasteiger partial charge in [0.2, 0.25) is 0 Å². The zero-order valence-corrected chi connectivity index (χ0v) is 13.2. The molecule has 5 fully saturated rings. The lowest BCUT2D eigenvalue weighted by molar-refractivity contribution is -0.0139. The summed E-state index contributed by atoms with van der Waals surface area (Å²) in [5, 5.41) is 6.60. The standard InChI is InChI=1S/C17H29N3O/c1-16(10-18,14-2-3-14)19-15(21)20-17-7-11-4-12(8-17)6-13(5-11)9-17/h11-14H,2-10,18H2,1H3,(H2,19,20,21). The molecule has 0 aliphatic heterocycles. The molecule has 5 aliphatic carbocycles. The highest BCUT2D eigenvalue weighted by Gasteiger charge is 2.52. The number of rotatable bonds is 4. The third-order valence-electron chi connectivity index (χ3n) is 6.72. The van der Waals surface area contributed by atoms with Crippen molar-refractivity contribution in [1.82, 2.24) is 10.6 Å². The number of carbonyl (C=O) groups excluding carboxylic acids is 1. The van der Waals surface area contributed by atoms with Crippen LogP contribution in [0.15, 0.2) is 0 Å². The third-order valence-corrected chi connectivity index (χ3v) is 6.72. The fourth-order valence-corrected chi connectivity index (χ4v) is 5.84. The van der Waals surface area contributed by atoms with Crippen LogP contribution in [-0.2, 0) is 0 Å². The Hall–Kier alpha value is -0.770. The van der Waals surface area contributed by atoms with Crippen molar-refractivity contribution in [2.45, 2.75) is 69.4 Å². The van der Waals surface area contributed by atoms with Crippen molar-refractivity contribution in [3.05, 3.63) is 0 Å². The van der Waals surface area contributed by atoms with Crippen molar-refractivity contribution in [3.63, 3.8) is 0 Å². The first-order chi connectivity index (χ1) is 10.0. The predicted molar refractivity (Wildman–Crippen MR) is 82.8 cm³/mol. The molecule has 5 saturated carbocycles. The second-order valence-electron chi connectivity index (χ2n) is 8.67. The summed E-state index contributed by atoms with van der Waals surface area (Å²) in [5.74, 6) is 3.16. The van der Waals surface area contributed by atoms with Crippen molar-refractivity contribution >= 4 is 6.03 Å². The molecule has 0 radical (unpaired) electrons. The molecule has 5 rings (SSSR count). The molecule has 0 saturated heterocycles. The Morgan fingerprint density at radius 2 is 1.67 bits per heavy atom. The average molecular weight is 291 g/mol. The molecule has 0 heterocycles. The number of hydrogen-bond donors (Lipinski definition) is 3. The van der Waals surface area contributed by atoms with E-state index in [0.29, 0.717) is 12.5 Å². The van der Waals surface area contributed by atoms with Gasteiger partial charge < -0.3 is 16.4 Å². The molecule has 1 atom stereocenters. The van der Waals surface area contributed by atoms with Crippen molar-refractivity contribution in [2.75, 3.05) is 6.54 Å². The molecular weight excluding hydrogens is 262 g/mol. The van der Waals surface area contributed by atoms with Crippen LogP contribution < -0.4 is 16.4 Å². The van der Waals surface area contributed by atoms with Gasteiger partial charge in [-0.05, 0) is 82.0 Å². The van der Waals surface area contributed by atoms with Gasteiger partial charge >= 0.3 is 6.03 Å². The van der Waals surface area contributed by atoms with Gasteiger partial charge in [0.1, 0.15) is 0 Å².